The lowest BCUT2D eigenvalue weighted by Crippen LogP contribution is -2.13. The van der Waals surface area contributed by atoms with Gasteiger partial charge in [-0.1, -0.05) is 30.7 Å². The van der Waals surface area contributed by atoms with Crippen LogP contribution in [0.2, 0.25) is 0 Å². The van der Waals surface area contributed by atoms with Gasteiger partial charge in [-0.3, -0.25) is 0 Å². The summed E-state index contributed by atoms with van der Waals surface area (Å²) in [5.74, 6) is 2.65. The maximum atomic E-state index is 5.92. The monoisotopic (exact) mass is 408 g/mol. The quantitative estimate of drug-likeness (QED) is 0.461. The van der Waals surface area contributed by atoms with Gasteiger partial charge in [0.05, 0.1) is 12.5 Å². The van der Waals surface area contributed by atoms with Crippen LogP contribution in [0.4, 0.5) is 11.8 Å². The Morgan fingerprint density at radius 1 is 1.27 bits per heavy atom. The molecule has 0 bridgehead atoms. The molecule has 0 unspecified atom stereocenters. The van der Waals surface area contributed by atoms with Crippen LogP contribution in [0.25, 0.3) is 0 Å². The van der Waals surface area contributed by atoms with Crippen LogP contribution in [0.1, 0.15) is 60.8 Å². The van der Waals surface area contributed by atoms with E-state index in [0.717, 1.165) is 66.4 Å². The Bertz CT molecular complexity index is 1010. The Balaban J connectivity index is 1.70. The van der Waals surface area contributed by atoms with Crippen molar-refractivity contribution in [3.63, 3.8) is 0 Å². The minimum atomic E-state index is -0.164. The molecule has 158 valence electrons. The highest BCUT2D eigenvalue weighted by molar-refractivity contribution is 5.54. The van der Waals surface area contributed by atoms with Crippen LogP contribution in [0.15, 0.2) is 18.2 Å². The summed E-state index contributed by atoms with van der Waals surface area (Å²) in [4.78, 5) is 8.86. The number of H-pyrrole nitrogens is 1. The zero-order valence-corrected chi connectivity index (χ0v) is 17.7. The Kier molecular flexibility index (Phi) is 5.52. The topological polar surface area (TPSA) is 128 Å². The van der Waals surface area contributed by atoms with E-state index >= 15 is 0 Å². The number of methoxy groups -OCH3 is 1. The number of benzene rings is 1. The number of unbranched alkanes of at least 4 members (excludes halogenated alkanes) is 1. The highest BCUT2D eigenvalue weighted by Crippen LogP contribution is 2.52. The zero-order chi connectivity index (χ0) is 21.1. The van der Waals surface area contributed by atoms with E-state index in [9.17, 15) is 0 Å². The molecule has 1 aromatic carbocycles. The second kappa shape index (κ2) is 8.25. The fourth-order valence-corrected chi connectivity index (χ4v) is 3.89. The molecule has 4 N–H and O–H groups in total. The number of nitrogen functional groups attached to an aromatic ring is 1. The van der Waals surface area contributed by atoms with Gasteiger partial charge in [0.25, 0.3) is 0 Å². The Labute approximate surface area is 175 Å². The number of aryl methyl sites for hydroxylation is 1. The van der Waals surface area contributed by atoms with Gasteiger partial charge in [-0.25, -0.2) is 4.98 Å². The largest absolute Gasteiger partial charge is 0.496 e. The second-order valence-electron chi connectivity index (χ2n) is 7.80. The third-order valence-electron chi connectivity index (χ3n) is 5.78. The van der Waals surface area contributed by atoms with Gasteiger partial charge in [0, 0.05) is 24.2 Å². The summed E-state index contributed by atoms with van der Waals surface area (Å²) in [6.45, 7) is 4.98. The van der Waals surface area contributed by atoms with Crippen LogP contribution in [-0.4, -0.2) is 44.2 Å². The smallest absolute Gasteiger partial charge is 0.222 e. The van der Waals surface area contributed by atoms with Crippen molar-refractivity contribution < 1.29 is 4.74 Å². The van der Waals surface area contributed by atoms with Crippen LogP contribution in [0, 0.1) is 6.92 Å². The van der Waals surface area contributed by atoms with Gasteiger partial charge in [0.15, 0.2) is 5.82 Å². The van der Waals surface area contributed by atoms with Crippen molar-refractivity contribution in [3.05, 3.63) is 46.4 Å². The van der Waals surface area contributed by atoms with Gasteiger partial charge in [-0.2, -0.15) is 10.2 Å². The average molecular weight is 409 g/mol. The number of hydrogen-bond donors (Lipinski definition) is 3. The van der Waals surface area contributed by atoms with E-state index in [4.69, 9.17) is 10.5 Å². The number of nitrogens with two attached hydrogens (primary N) is 1. The molecule has 2 aromatic heterocycles. The fourth-order valence-electron chi connectivity index (χ4n) is 3.89. The van der Waals surface area contributed by atoms with Crippen LogP contribution in [0.5, 0.6) is 5.75 Å². The minimum Gasteiger partial charge on any atom is -0.496 e. The molecule has 30 heavy (non-hydrogen) atoms. The SMILES string of the molecule is CCCCNc1nc(N)nc(C)c1Cc1cc(C2(c3nn[nH]n3)CC2)ccc1OC. The number of rotatable bonds is 9. The third kappa shape index (κ3) is 3.79. The van der Waals surface area contributed by atoms with Crippen molar-refractivity contribution in [1.29, 1.82) is 0 Å². The first kappa shape index (κ1) is 20.1. The summed E-state index contributed by atoms with van der Waals surface area (Å²) < 4.78 is 5.66. The molecule has 1 aliphatic carbocycles. The number of hydrogen-bond acceptors (Lipinski definition) is 8. The van der Waals surface area contributed by atoms with Crippen LogP contribution in [-0.2, 0) is 11.8 Å². The van der Waals surface area contributed by atoms with Crippen LogP contribution < -0.4 is 15.8 Å². The molecule has 0 amide bonds. The van der Waals surface area contributed by atoms with Crippen molar-refractivity contribution in [3.8, 4) is 5.75 Å². The van der Waals surface area contributed by atoms with E-state index in [-0.39, 0.29) is 11.4 Å². The van der Waals surface area contributed by atoms with Gasteiger partial charge < -0.3 is 15.8 Å². The van der Waals surface area contributed by atoms with E-state index in [1.807, 2.05) is 13.0 Å². The number of nitrogens with one attached hydrogen (secondary N) is 2. The number of aromatic nitrogens is 6. The van der Waals surface area contributed by atoms with Gasteiger partial charge in [-0.05, 0) is 43.4 Å². The molecule has 1 aliphatic rings. The molecule has 0 spiro atoms. The average Bonchev–Trinajstić information content (AvgIpc) is 3.36. The van der Waals surface area contributed by atoms with Crippen molar-refractivity contribution >= 4 is 11.8 Å². The molecule has 2 heterocycles. The maximum absolute atomic E-state index is 5.92. The van der Waals surface area contributed by atoms with Gasteiger partial charge in [-0.15, -0.1) is 10.2 Å². The summed E-state index contributed by atoms with van der Waals surface area (Å²) in [5.41, 5.74) is 9.89. The highest BCUT2D eigenvalue weighted by Gasteiger charge is 2.49. The number of ether oxygens (including phenoxy) is 1. The van der Waals surface area contributed by atoms with Gasteiger partial charge in [0.2, 0.25) is 5.95 Å². The van der Waals surface area contributed by atoms with E-state index in [1.165, 1.54) is 5.56 Å². The lowest BCUT2D eigenvalue weighted by molar-refractivity contribution is 0.410. The number of aromatic amines is 1. The lowest BCUT2D eigenvalue weighted by Gasteiger charge is -2.18. The van der Waals surface area contributed by atoms with Gasteiger partial charge in [0.1, 0.15) is 11.6 Å². The molecule has 0 aliphatic heterocycles. The molecule has 1 saturated carbocycles. The summed E-state index contributed by atoms with van der Waals surface area (Å²) >= 11 is 0. The van der Waals surface area contributed by atoms with Crippen molar-refractivity contribution in [2.45, 2.75) is 51.4 Å². The molecular formula is C21H28N8O. The van der Waals surface area contributed by atoms with Crippen molar-refractivity contribution in [1.82, 2.24) is 30.6 Å². The van der Waals surface area contributed by atoms with Crippen LogP contribution >= 0.6 is 0 Å². The van der Waals surface area contributed by atoms with E-state index in [2.05, 4.69) is 55.0 Å². The number of nitrogens with zero attached hydrogens (tertiary/aromatic N) is 5. The maximum Gasteiger partial charge on any atom is 0.222 e. The first-order valence-electron chi connectivity index (χ1n) is 10.4. The standard InChI is InChI=1S/C21H28N8O/c1-4-5-10-23-18-16(13(2)24-20(22)25-18)12-14-11-15(6-7-17(14)30-3)21(8-9-21)19-26-28-29-27-19/h6-7,11H,4-5,8-10,12H2,1-3H3,(H3,22,23,24,25)(H,26,27,28,29). The normalized spacial score (nSPS) is 14.5. The summed E-state index contributed by atoms with van der Waals surface area (Å²) in [6.07, 6.45) is 4.82. The summed E-state index contributed by atoms with van der Waals surface area (Å²) in [5, 5.41) is 18.2. The molecule has 1 fully saturated rings. The van der Waals surface area contributed by atoms with E-state index in [1.54, 1.807) is 7.11 Å². The molecule has 9 nitrogen and oxygen atoms in total. The lowest BCUT2D eigenvalue weighted by atomic mass is 9.91. The first-order valence-corrected chi connectivity index (χ1v) is 10.4. The number of anilines is 2. The molecule has 0 atom stereocenters. The Morgan fingerprint density at radius 3 is 2.77 bits per heavy atom. The van der Waals surface area contributed by atoms with E-state index in [0.29, 0.717) is 6.42 Å². The molecule has 0 radical (unpaired) electrons. The molecule has 9 heteroatoms. The number of tetrazole rings is 1. The molecule has 4 rings (SSSR count). The predicted molar refractivity (Wildman–Crippen MR) is 115 cm³/mol. The van der Waals surface area contributed by atoms with Crippen molar-refractivity contribution in [2.75, 3.05) is 24.7 Å². The third-order valence-corrected chi connectivity index (χ3v) is 5.78. The Morgan fingerprint density at radius 2 is 2.10 bits per heavy atom. The first-order chi connectivity index (χ1) is 14.6. The molecular weight excluding hydrogens is 380 g/mol. The molecule has 0 saturated heterocycles. The Hall–Kier alpha value is -3.23. The summed E-state index contributed by atoms with van der Waals surface area (Å²) in [6, 6.07) is 6.30. The minimum absolute atomic E-state index is 0.164. The van der Waals surface area contributed by atoms with Gasteiger partial charge >= 0.3 is 0 Å². The zero-order valence-electron chi connectivity index (χ0n) is 17.7. The van der Waals surface area contributed by atoms with Crippen LogP contribution in [0.3, 0.4) is 0 Å². The fraction of sp³-hybridized carbons (Fsp3) is 0.476. The summed E-state index contributed by atoms with van der Waals surface area (Å²) in [7, 11) is 1.69. The predicted octanol–water partition coefficient (Wildman–Crippen LogP) is 2.77. The van der Waals surface area contributed by atoms with E-state index < -0.39 is 0 Å². The highest BCUT2D eigenvalue weighted by atomic mass is 16.5. The van der Waals surface area contributed by atoms with Crippen molar-refractivity contribution in [2.24, 2.45) is 0 Å². The second-order valence-corrected chi connectivity index (χ2v) is 7.80. The molecule has 3 aromatic rings.